The van der Waals surface area contributed by atoms with Crippen molar-refractivity contribution >= 4 is 15.9 Å². The van der Waals surface area contributed by atoms with Gasteiger partial charge in [0.2, 0.25) is 0 Å². The molecule has 0 aromatic rings. The Balaban J connectivity index is 3.40. The van der Waals surface area contributed by atoms with E-state index in [9.17, 15) is 0 Å². The van der Waals surface area contributed by atoms with Gasteiger partial charge in [-0.2, -0.15) is 0 Å². The summed E-state index contributed by atoms with van der Waals surface area (Å²) in [5, 5.41) is 8.41. The summed E-state index contributed by atoms with van der Waals surface area (Å²) in [6, 6.07) is 0. The van der Waals surface area contributed by atoms with Crippen molar-refractivity contribution in [1.82, 2.24) is 0 Å². The van der Waals surface area contributed by atoms with Gasteiger partial charge in [-0.1, -0.05) is 28.1 Å². The molecule has 0 saturated heterocycles. The Morgan fingerprint density at radius 3 is 2.75 bits per heavy atom. The summed E-state index contributed by atoms with van der Waals surface area (Å²) >= 11 is 3.14. The molecule has 1 nitrogen and oxygen atoms in total. The highest BCUT2D eigenvalue weighted by Gasteiger charge is 1.81. The van der Waals surface area contributed by atoms with Crippen molar-refractivity contribution in [2.75, 3.05) is 6.61 Å². The van der Waals surface area contributed by atoms with Crippen LogP contribution in [0.4, 0.5) is 0 Å². The second-order valence-corrected chi connectivity index (χ2v) is 2.35. The number of allylic oxidation sites excluding steroid dienone is 2. The molecule has 0 aliphatic rings. The smallest absolute Gasteiger partial charge is 0.0743 e. The van der Waals surface area contributed by atoms with E-state index in [2.05, 4.69) is 22.5 Å². The normalized spacial score (nSPS) is 11.5. The van der Waals surface area contributed by atoms with Crippen LogP contribution >= 0.6 is 15.9 Å². The highest BCUT2D eigenvalue weighted by molar-refractivity contribution is 9.11. The Hall–Kier alpha value is -0.0800. The Kier molecular flexibility index (Phi) is 5.01. The van der Waals surface area contributed by atoms with E-state index in [1.54, 1.807) is 6.08 Å². The van der Waals surface area contributed by atoms with E-state index >= 15 is 0 Å². The van der Waals surface area contributed by atoms with Crippen molar-refractivity contribution in [3.8, 4) is 0 Å². The maximum absolute atomic E-state index is 8.41. The first-order chi connectivity index (χ1) is 3.81. The van der Waals surface area contributed by atoms with Gasteiger partial charge in [0.25, 0.3) is 0 Å². The summed E-state index contributed by atoms with van der Waals surface area (Å²) < 4.78 is 0.817. The maximum Gasteiger partial charge on any atom is 0.0743 e. The monoisotopic (exact) mass is 176 g/mol. The lowest BCUT2D eigenvalue weighted by Gasteiger charge is -1.86. The molecule has 0 aliphatic heterocycles. The van der Waals surface area contributed by atoms with E-state index in [1.807, 2.05) is 6.08 Å². The second kappa shape index (κ2) is 5.06. The molecule has 0 atom stereocenters. The second-order valence-electron chi connectivity index (χ2n) is 1.33. The summed E-state index contributed by atoms with van der Waals surface area (Å²) in [6.45, 7) is 3.60. The van der Waals surface area contributed by atoms with Gasteiger partial charge in [0.05, 0.1) is 6.61 Å². The quantitative estimate of drug-likeness (QED) is 0.652. The van der Waals surface area contributed by atoms with E-state index in [1.165, 1.54) is 0 Å². The molecule has 0 rings (SSSR count). The molecular formula is C6H9BrO. The molecule has 0 amide bonds. The fourth-order valence-corrected chi connectivity index (χ4v) is 0.463. The van der Waals surface area contributed by atoms with Crippen LogP contribution in [-0.4, -0.2) is 11.7 Å². The van der Waals surface area contributed by atoms with Crippen LogP contribution in [0.15, 0.2) is 23.2 Å². The largest absolute Gasteiger partial charge is 0.391 e. The fourth-order valence-electron chi connectivity index (χ4n) is 0.276. The topological polar surface area (TPSA) is 20.2 Å². The van der Waals surface area contributed by atoms with Crippen LogP contribution in [0.5, 0.6) is 0 Å². The van der Waals surface area contributed by atoms with Gasteiger partial charge in [0.15, 0.2) is 0 Å². The number of aliphatic hydroxyl groups is 1. The number of halogens is 1. The molecule has 0 fully saturated rings. The predicted molar refractivity (Wildman–Crippen MR) is 38.9 cm³/mol. The zero-order valence-corrected chi connectivity index (χ0v) is 6.19. The molecule has 2 heteroatoms. The molecule has 8 heavy (non-hydrogen) atoms. The van der Waals surface area contributed by atoms with Crippen LogP contribution in [0.3, 0.4) is 0 Å². The third-order valence-electron chi connectivity index (χ3n) is 0.657. The van der Waals surface area contributed by atoms with Crippen LogP contribution < -0.4 is 0 Å². The van der Waals surface area contributed by atoms with Gasteiger partial charge in [-0.25, -0.2) is 0 Å². The van der Waals surface area contributed by atoms with E-state index in [4.69, 9.17) is 5.11 Å². The summed E-state index contributed by atoms with van der Waals surface area (Å²) in [5.41, 5.74) is 0. The van der Waals surface area contributed by atoms with Gasteiger partial charge >= 0.3 is 0 Å². The molecule has 0 saturated carbocycles. The minimum atomic E-state index is 0.0772. The van der Waals surface area contributed by atoms with Crippen molar-refractivity contribution in [1.29, 1.82) is 0 Å². The van der Waals surface area contributed by atoms with Gasteiger partial charge in [-0.05, 0) is 6.42 Å². The van der Waals surface area contributed by atoms with Crippen molar-refractivity contribution in [3.05, 3.63) is 23.2 Å². The molecule has 0 heterocycles. The fraction of sp³-hybridized carbons (Fsp3) is 0.333. The van der Waals surface area contributed by atoms with E-state index in [0.29, 0.717) is 0 Å². The van der Waals surface area contributed by atoms with Gasteiger partial charge < -0.3 is 5.11 Å². The van der Waals surface area contributed by atoms with Gasteiger partial charge in [-0.3, -0.25) is 0 Å². The summed E-state index contributed by atoms with van der Waals surface area (Å²) in [7, 11) is 0. The van der Waals surface area contributed by atoms with Gasteiger partial charge in [0, 0.05) is 4.48 Å². The van der Waals surface area contributed by atoms with E-state index in [-0.39, 0.29) is 6.61 Å². The Morgan fingerprint density at radius 2 is 2.38 bits per heavy atom. The Bertz CT molecular complexity index is 96.7. The van der Waals surface area contributed by atoms with Crippen LogP contribution in [-0.2, 0) is 0 Å². The third kappa shape index (κ3) is 4.09. The average Bonchev–Trinajstić information content (AvgIpc) is 1.83. The molecule has 0 spiro atoms. The lowest BCUT2D eigenvalue weighted by molar-refractivity contribution is 0.340. The SMILES string of the molecule is C=CC/C=C(\Br)CO. The number of aliphatic hydroxyl groups excluding tert-OH is 1. The molecule has 0 aromatic carbocycles. The summed E-state index contributed by atoms with van der Waals surface area (Å²) in [4.78, 5) is 0. The summed E-state index contributed by atoms with van der Waals surface area (Å²) in [5.74, 6) is 0. The van der Waals surface area contributed by atoms with E-state index in [0.717, 1.165) is 10.9 Å². The third-order valence-corrected chi connectivity index (χ3v) is 1.23. The lowest BCUT2D eigenvalue weighted by Crippen LogP contribution is -1.77. The highest BCUT2D eigenvalue weighted by atomic mass is 79.9. The molecule has 0 radical (unpaired) electrons. The molecule has 46 valence electrons. The minimum Gasteiger partial charge on any atom is -0.391 e. The Morgan fingerprint density at radius 1 is 1.75 bits per heavy atom. The first-order valence-electron chi connectivity index (χ1n) is 2.37. The van der Waals surface area contributed by atoms with Gasteiger partial charge in [-0.15, -0.1) is 6.58 Å². The molecule has 0 aromatic heterocycles. The number of rotatable bonds is 3. The van der Waals surface area contributed by atoms with Crippen LogP contribution in [0.25, 0.3) is 0 Å². The highest BCUT2D eigenvalue weighted by Crippen LogP contribution is 2.03. The van der Waals surface area contributed by atoms with Crippen molar-refractivity contribution in [2.45, 2.75) is 6.42 Å². The summed E-state index contributed by atoms with van der Waals surface area (Å²) in [6.07, 6.45) is 4.45. The van der Waals surface area contributed by atoms with Crippen molar-refractivity contribution < 1.29 is 5.11 Å². The van der Waals surface area contributed by atoms with Crippen molar-refractivity contribution in [3.63, 3.8) is 0 Å². The first-order valence-corrected chi connectivity index (χ1v) is 3.17. The number of hydrogen-bond donors (Lipinski definition) is 1. The standard InChI is InChI=1S/C6H9BrO/c1-2-3-4-6(7)5-8/h2,4,8H,1,3,5H2/b6-4-. The zero-order chi connectivity index (χ0) is 6.41. The number of hydrogen-bond acceptors (Lipinski definition) is 1. The van der Waals surface area contributed by atoms with Gasteiger partial charge in [0.1, 0.15) is 0 Å². The van der Waals surface area contributed by atoms with Crippen molar-refractivity contribution in [2.24, 2.45) is 0 Å². The molecule has 1 N–H and O–H groups in total. The molecule has 0 aliphatic carbocycles. The molecule has 0 bridgehead atoms. The molecule has 0 unspecified atom stereocenters. The molecular weight excluding hydrogens is 168 g/mol. The maximum atomic E-state index is 8.41. The minimum absolute atomic E-state index is 0.0772. The first kappa shape index (κ1) is 7.92. The van der Waals surface area contributed by atoms with Crippen LogP contribution in [0.2, 0.25) is 0 Å². The lowest BCUT2D eigenvalue weighted by atomic mass is 10.4. The van der Waals surface area contributed by atoms with Crippen LogP contribution in [0, 0.1) is 0 Å². The zero-order valence-electron chi connectivity index (χ0n) is 4.60. The van der Waals surface area contributed by atoms with Crippen LogP contribution in [0.1, 0.15) is 6.42 Å². The predicted octanol–water partition coefficient (Wildman–Crippen LogP) is 1.83. The Labute approximate surface area is 57.8 Å². The average molecular weight is 177 g/mol. The van der Waals surface area contributed by atoms with E-state index < -0.39 is 0 Å².